The summed E-state index contributed by atoms with van der Waals surface area (Å²) in [5.41, 5.74) is 0.711. The number of benzene rings is 1. The van der Waals surface area contributed by atoms with Crippen LogP contribution in [0.4, 0.5) is 10.5 Å². The van der Waals surface area contributed by atoms with Crippen molar-refractivity contribution in [3.8, 4) is 0 Å². The summed E-state index contributed by atoms with van der Waals surface area (Å²) < 4.78 is 29.0. The van der Waals surface area contributed by atoms with Gasteiger partial charge in [0.2, 0.25) is 0 Å². The van der Waals surface area contributed by atoms with Gasteiger partial charge in [0.15, 0.2) is 15.3 Å². The Morgan fingerprint density at radius 2 is 2.12 bits per heavy atom. The molecular weight excluding hydrogens is 346 g/mol. The fraction of sp³-hybridized carbons (Fsp3) is 0.375. The van der Waals surface area contributed by atoms with E-state index in [-0.39, 0.29) is 35.0 Å². The second kappa shape index (κ2) is 5.85. The van der Waals surface area contributed by atoms with Gasteiger partial charge >= 0.3 is 6.03 Å². The Kier molecular flexibility index (Phi) is 3.77. The van der Waals surface area contributed by atoms with E-state index in [1.54, 1.807) is 23.1 Å². The van der Waals surface area contributed by atoms with Crippen LogP contribution in [0.1, 0.15) is 0 Å². The number of amides is 2. The predicted octanol–water partition coefficient (Wildman–Crippen LogP) is 0.396. The molecule has 1 aromatic carbocycles. The van der Waals surface area contributed by atoms with Crippen molar-refractivity contribution in [3.63, 3.8) is 0 Å². The lowest BCUT2D eigenvalue weighted by Gasteiger charge is -2.37. The van der Waals surface area contributed by atoms with Crippen molar-refractivity contribution in [1.82, 2.24) is 10.2 Å². The SMILES string of the molecule is O=C(Nc1ccc2occc(=O)c2c1)N1CCN[C@@H]2CS(=O)(=O)C[C@@H]21. The van der Waals surface area contributed by atoms with Crippen LogP contribution in [0.15, 0.2) is 39.7 Å². The zero-order valence-corrected chi connectivity index (χ0v) is 14.1. The van der Waals surface area contributed by atoms with E-state index in [1.165, 1.54) is 12.3 Å². The quantitative estimate of drug-likeness (QED) is 0.759. The van der Waals surface area contributed by atoms with Gasteiger partial charge in [-0.05, 0) is 18.2 Å². The topological polar surface area (TPSA) is 109 Å². The average Bonchev–Trinajstić information content (AvgIpc) is 2.89. The molecule has 2 N–H and O–H groups in total. The maximum atomic E-state index is 12.6. The summed E-state index contributed by atoms with van der Waals surface area (Å²) in [5.74, 6) is 0.0257. The first kappa shape index (κ1) is 16.1. The molecule has 4 rings (SSSR count). The average molecular weight is 363 g/mol. The lowest BCUT2D eigenvalue weighted by molar-refractivity contribution is 0.163. The lowest BCUT2D eigenvalue weighted by atomic mass is 10.1. The highest BCUT2D eigenvalue weighted by molar-refractivity contribution is 7.91. The van der Waals surface area contributed by atoms with Gasteiger partial charge in [-0.3, -0.25) is 4.79 Å². The molecule has 0 spiro atoms. The number of nitrogens with zero attached hydrogens (tertiary/aromatic N) is 1. The summed E-state index contributed by atoms with van der Waals surface area (Å²) in [6.07, 6.45) is 1.32. The Balaban J connectivity index is 1.57. The van der Waals surface area contributed by atoms with Crippen molar-refractivity contribution in [2.45, 2.75) is 12.1 Å². The van der Waals surface area contributed by atoms with Crippen molar-refractivity contribution in [1.29, 1.82) is 0 Å². The third-order valence-corrected chi connectivity index (χ3v) is 6.37. The highest BCUT2D eigenvalue weighted by atomic mass is 32.2. The molecule has 132 valence electrons. The number of carbonyl (C=O) groups is 1. The van der Waals surface area contributed by atoms with E-state index in [0.29, 0.717) is 29.7 Å². The first-order chi connectivity index (χ1) is 11.9. The van der Waals surface area contributed by atoms with Crippen LogP contribution in [0.2, 0.25) is 0 Å². The van der Waals surface area contributed by atoms with Gasteiger partial charge in [0.1, 0.15) is 5.58 Å². The Morgan fingerprint density at radius 3 is 2.96 bits per heavy atom. The monoisotopic (exact) mass is 363 g/mol. The summed E-state index contributed by atoms with van der Waals surface area (Å²) in [7, 11) is -3.14. The smallest absolute Gasteiger partial charge is 0.322 e. The van der Waals surface area contributed by atoms with Crippen LogP contribution in [0.25, 0.3) is 11.0 Å². The van der Waals surface area contributed by atoms with Crippen molar-refractivity contribution < 1.29 is 17.6 Å². The number of fused-ring (bicyclic) bond motifs is 2. The molecule has 2 atom stereocenters. The van der Waals surface area contributed by atoms with Crippen LogP contribution in [-0.4, -0.2) is 56.0 Å². The summed E-state index contributed by atoms with van der Waals surface area (Å²) in [4.78, 5) is 26.1. The van der Waals surface area contributed by atoms with E-state index in [4.69, 9.17) is 4.42 Å². The number of carbonyl (C=O) groups excluding carboxylic acids is 1. The Hall–Kier alpha value is -2.39. The first-order valence-corrected chi connectivity index (χ1v) is 9.78. The molecule has 0 unspecified atom stereocenters. The van der Waals surface area contributed by atoms with Gasteiger partial charge in [-0.2, -0.15) is 0 Å². The lowest BCUT2D eigenvalue weighted by Crippen LogP contribution is -2.59. The summed E-state index contributed by atoms with van der Waals surface area (Å²) in [5, 5.41) is 6.29. The van der Waals surface area contributed by atoms with Crippen molar-refractivity contribution >= 4 is 32.5 Å². The highest BCUT2D eigenvalue weighted by Crippen LogP contribution is 2.23. The molecule has 0 radical (unpaired) electrons. The van der Waals surface area contributed by atoms with Gasteiger partial charge in [-0.25, -0.2) is 13.2 Å². The second-order valence-electron chi connectivity index (χ2n) is 6.32. The maximum absolute atomic E-state index is 12.6. The summed E-state index contributed by atoms with van der Waals surface area (Å²) in [6, 6.07) is 5.18. The predicted molar refractivity (Wildman–Crippen MR) is 92.4 cm³/mol. The normalized spacial score (nSPS) is 24.9. The molecule has 9 heteroatoms. The van der Waals surface area contributed by atoms with E-state index in [0.717, 1.165) is 0 Å². The molecular formula is C16H17N3O5S. The van der Waals surface area contributed by atoms with Gasteiger partial charge in [0.25, 0.3) is 0 Å². The summed E-state index contributed by atoms with van der Waals surface area (Å²) in [6.45, 7) is 0.976. The van der Waals surface area contributed by atoms with Crippen LogP contribution in [-0.2, 0) is 9.84 Å². The number of urea groups is 1. The number of hydrogen-bond acceptors (Lipinski definition) is 6. The fourth-order valence-corrected chi connectivity index (χ4v) is 5.43. The molecule has 8 nitrogen and oxygen atoms in total. The number of anilines is 1. The van der Waals surface area contributed by atoms with Gasteiger partial charge in [0.05, 0.1) is 29.2 Å². The third-order valence-electron chi connectivity index (χ3n) is 4.65. The highest BCUT2D eigenvalue weighted by Gasteiger charge is 2.44. The van der Waals surface area contributed by atoms with Crippen LogP contribution in [0, 0.1) is 0 Å². The molecule has 2 saturated heterocycles. The fourth-order valence-electron chi connectivity index (χ4n) is 3.48. The number of sulfone groups is 1. The minimum Gasteiger partial charge on any atom is -0.464 e. The second-order valence-corrected chi connectivity index (χ2v) is 8.48. The van der Waals surface area contributed by atoms with E-state index in [2.05, 4.69) is 10.6 Å². The van der Waals surface area contributed by atoms with Gasteiger partial charge < -0.3 is 20.0 Å². The first-order valence-electron chi connectivity index (χ1n) is 7.96. The standard InChI is InChI=1S/C16H17N3O5S/c20-14-3-6-24-15-2-1-10(7-11(14)15)18-16(21)19-5-4-17-12-8-25(22,23)9-13(12)19/h1-3,6-7,12-13,17H,4-5,8-9H2,(H,18,21)/t12-,13+/m1/s1. The third kappa shape index (κ3) is 3.00. The van der Waals surface area contributed by atoms with Gasteiger partial charge in [-0.1, -0.05) is 0 Å². The van der Waals surface area contributed by atoms with Crippen molar-refractivity contribution in [2.75, 3.05) is 29.9 Å². The number of hydrogen-bond donors (Lipinski definition) is 2. The van der Waals surface area contributed by atoms with Gasteiger partial charge in [0, 0.05) is 30.9 Å². The molecule has 25 heavy (non-hydrogen) atoms. The van der Waals surface area contributed by atoms with Crippen LogP contribution in [0.5, 0.6) is 0 Å². The molecule has 0 aliphatic carbocycles. The number of piperazine rings is 1. The molecule has 2 fully saturated rings. The Bertz CT molecular complexity index is 1000. The maximum Gasteiger partial charge on any atom is 0.322 e. The zero-order valence-electron chi connectivity index (χ0n) is 13.3. The molecule has 2 aromatic rings. The van der Waals surface area contributed by atoms with E-state index in [9.17, 15) is 18.0 Å². The molecule has 2 amide bonds. The number of rotatable bonds is 1. The van der Waals surface area contributed by atoms with E-state index in [1.807, 2.05) is 0 Å². The minimum atomic E-state index is -3.14. The minimum absolute atomic E-state index is 0.0284. The van der Waals surface area contributed by atoms with Crippen LogP contribution >= 0.6 is 0 Å². The van der Waals surface area contributed by atoms with Crippen LogP contribution in [0.3, 0.4) is 0 Å². The van der Waals surface area contributed by atoms with Crippen LogP contribution < -0.4 is 16.1 Å². The Morgan fingerprint density at radius 1 is 1.28 bits per heavy atom. The molecule has 0 bridgehead atoms. The Labute approximate surface area is 143 Å². The van der Waals surface area contributed by atoms with Crippen molar-refractivity contribution in [2.24, 2.45) is 0 Å². The van der Waals surface area contributed by atoms with Gasteiger partial charge in [-0.15, -0.1) is 0 Å². The molecule has 3 heterocycles. The van der Waals surface area contributed by atoms with Crippen molar-refractivity contribution in [3.05, 3.63) is 40.8 Å². The molecule has 2 aliphatic rings. The molecule has 0 saturated carbocycles. The van der Waals surface area contributed by atoms with E-state index >= 15 is 0 Å². The molecule has 2 aliphatic heterocycles. The largest absolute Gasteiger partial charge is 0.464 e. The summed E-state index contributed by atoms with van der Waals surface area (Å²) >= 11 is 0. The number of nitrogens with one attached hydrogen (secondary N) is 2. The van der Waals surface area contributed by atoms with E-state index < -0.39 is 9.84 Å². The zero-order chi connectivity index (χ0) is 17.6. The molecule has 1 aromatic heterocycles.